The highest BCUT2D eigenvalue weighted by molar-refractivity contribution is 5.05. The third kappa shape index (κ3) is 6.55. The van der Waals surface area contributed by atoms with Crippen LogP contribution in [0.25, 0.3) is 0 Å². The van der Waals surface area contributed by atoms with Gasteiger partial charge in [-0.15, -0.1) is 0 Å². The molecule has 0 unspecified atom stereocenters. The van der Waals surface area contributed by atoms with Crippen LogP contribution in [-0.4, -0.2) is 41.9 Å². The van der Waals surface area contributed by atoms with E-state index in [0.29, 0.717) is 38.3 Å². The van der Waals surface area contributed by atoms with E-state index in [2.05, 4.69) is 32.6 Å². The molecule has 0 fully saturated rings. The standard InChI is InChI=1S/C16H29NO3/c1-12(2)10-19-11-15(18)8-17(13(3)4)9-16-7-6-14(5)20-16/h6-7,12-13,15,18H,8-11H2,1-5H3/t15-/m0/s1. The van der Waals surface area contributed by atoms with Crippen LogP contribution in [0.1, 0.15) is 39.2 Å². The molecule has 1 N–H and O–H groups in total. The normalized spacial score (nSPS) is 13.7. The Labute approximate surface area is 122 Å². The van der Waals surface area contributed by atoms with Crippen LogP contribution in [0.3, 0.4) is 0 Å². The number of aliphatic hydroxyl groups excluding tert-OH is 1. The lowest BCUT2D eigenvalue weighted by Crippen LogP contribution is -2.38. The SMILES string of the molecule is Cc1ccc(CN(C[C@H](O)COCC(C)C)C(C)C)o1. The first kappa shape index (κ1) is 17.2. The molecule has 1 atom stereocenters. The van der Waals surface area contributed by atoms with Gasteiger partial charge >= 0.3 is 0 Å². The number of aliphatic hydroxyl groups is 1. The number of hydrogen-bond acceptors (Lipinski definition) is 4. The van der Waals surface area contributed by atoms with Crippen LogP contribution in [0.2, 0.25) is 0 Å². The monoisotopic (exact) mass is 283 g/mol. The van der Waals surface area contributed by atoms with Gasteiger partial charge in [-0.25, -0.2) is 0 Å². The molecule has 20 heavy (non-hydrogen) atoms. The fourth-order valence-electron chi connectivity index (χ4n) is 1.99. The Morgan fingerprint density at radius 2 is 1.90 bits per heavy atom. The van der Waals surface area contributed by atoms with Crippen molar-refractivity contribution < 1.29 is 14.3 Å². The minimum absolute atomic E-state index is 0.347. The predicted molar refractivity (Wildman–Crippen MR) is 80.7 cm³/mol. The average molecular weight is 283 g/mol. The summed E-state index contributed by atoms with van der Waals surface area (Å²) in [7, 11) is 0. The summed E-state index contributed by atoms with van der Waals surface area (Å²) in [5.41, 5.74) is 0. The Morgan fingerprint density at radius 1 is 1.20 bits per heavy atom. The number of nitrogens with zero attached hydrogens (tertiary/aromatic N) is 1. The third-order valence-electron chi connectivity index (χ3n) is 3.09. The quantitative estimate of drug-likeness (QED) is 0.757. The second kappa shape index (κ2) is 8.45. The topological polar surface area (TPSA) is 45.8 Å². The molecule has 0 spiro atoms. The van der Waals surface area contributed by atoms with E-state index < -0.39 is 6.10 Å². The van der Waals surface area contributed by atoms with E-state index in [1.165, 1.54) is 0 Å². The Hall–Kier alpha value is -0.840. The highest BCUT2D eigenvalue weighted by Gasteiger charge is 2.17. The molecule has 4 heteroatoms. The maximum Gasteiger partial charge on any atom is 0.118 e. The predicted octanol–water partition coefficient (Wildman–Crippen LogP) is 2.83. The lowest BCUT2D eigenvalue weighted by atomic mass is 10.2. The molecule has 1 heterocycles. The van der Waals surface area contributed by atoms with E-state index in [-0.39, 0.29) is 0 Å². The molecule has 0 aliphatic heterocycles. The fourth-order valence-corrected chi connectivity index (χ4v) is 1.99. The van der Waals surface area contributed by atoms with E-state index in [0.717, 1.165) is 11.5 Å². The lowest BCUT2D eigenvalue weighted by Gasteiger charge is -2.28. The molecule has 0 aromatic carbocycles. The molecule has 0 aliphatic carbocycles. The van der Waals surface area contributed by atoms with Gasteiger partial charge in [-0.3, -0.25) is 4.90 Å². The summed E-state index contributed by atoms with van der Waals surface area (Å²) in [6.07, 6.45) is -0.466. The fraction of sp³-hybridized carbons (Fsp3) is 0.750. The van der Waals surface area contributed by atoms with Crippen molar-refractivity contribution >= 4 is 0 Å². The second-order valence-electron chi connectivity index (χ2n) is 6.12. The van der Waals surface area contributed by atoms with E-state index in [9.17, 15) is 5.11 Å². The van der Waals surface area contributed by atoms with Gasteiger partial charge in [0.25, 0.3) is 0 Å². The molecule has 0 amide bonds. The van der Waals surface area contributed by atoms with Crippen molar-refractivity contribution in [1.82, 2.24) is 4.90 Å². The first-order valence-corrected chi connectivity index (χ1v) is 7.43. The van der Waals surface area contributed by atoms with Crippen molar-refractivity contribution in [2.75, 3.05) is 19.8 Å². The van der Waals surface area contributed by atoms with Gasteiger partial charge in [0.2, 0.25) is 0 Å². The zero-order chi connectivity index (χ0) is 15.1. The van der Waals surface area contributed by atoms with Gasteiger partial charge in [0, 0.05) is 19.2 Å². The van der Waals surface area contributed by atoms with Crippen LogP contribution in [0.5, 0.6) is 0 Å². The maximum atomic E-state index is 10.1. The van der Waals surface area contributed by atoms with Crippen molar-refractivity contribution in [3.8, 4) is 0 Å². The summed E-state index contributed by atoms with van der Waals surface area (Å²) in [4.78, 5) is 2.20. The van der Waals surface area contributed by atoms with Crippen LogP contribution in [0.15, 0.2) is 16.5 Å². The first-order chi connectivity index (χ1) is 9.38. The number of hydrogen-bond donors (Lipinski definition) is 1. The highest BCUT2D eigenvalue weighted by Crippen LogP contribution is 2.12. The number of ether oxygens (including phenoxy) is 1. The van der Waals surface area contributed by atoms with E-state index in [4.69, 9.17) is 9.15 Å². The molecule has 0 aliphatic rings. The Bertz CT molecular complexity index is 374. The first-order valence-electron chi connectivity index (χ1n) is 7.43. The zero-order valence-corrected chi connectivity index (χ0v) is 13.4. The molecule has 0 radical (unpaired) electrons. The molecule has 0 bridgehead atoms. The summed E-state index contributed by atoms with van der Waals surface area (Å²) in [5, 5.41) is 10.1. The average Bonchev–Trinajstić information content (AvgIpc) is 2.73. The number of furan rings is 1. The minimum atomic E-state index is -0.466. The minimum Gasteiger partial charge on any atom is -0.465 e. The van der Waals surface area contributed by atoms with Gasteiger partial charge in [0.15, 0.2) is 0 Å². The van der Waals surface area contributed by atoms with Gasteiger partial charge in [-0.1, -0.05) is 13.8 Å². The highest BCUT2D eigenvalue weighted by atomic mass is 16.5. The lowest BCUT2D eigenvalue weighted by molar-refractivity contribution is 0.000587. The molecule has 0 saturated carbocycles. The number of aryl methyl sites for hydroxylation is 1. The summed E-state index contributed by atoms with van der Waals surface area (Å²) >= 11 is 0. The van der Waals surface area contributed by atoms with E-state index in [1.54, 1.807) is 0 Å². The van der Waals surface area contributed by atoms with Crippen LogP contribution < -0.4 is 0 Å². The van der Waals surface area contributed by atoms with Gasteiger partial charge in [0.05, 0.1) is 19.3 Å². The molecular weight excluding hydrogens is 254 g/mol. The molecule has 116 valence electrons. The Morgan fingerprint density at radius 3 is 2.40 bits per heavy atom. The van der Waals surface area contributed by atoms with Crippen molar-refractivity contribution in [1.29, 1.82) is 0 Å². The molecule has 1 aromatic rings. The van der Waals surface area contributed by atoms with Gasteiger partial charge in [0.1, 0.15) is 11.5 Å². The van der Waals surface area contributed by atoms with Gasteiger partial charge in [-0.05, 0) is 38.8 Å². The zero-order valence-electron chi connectivity index (χ0n) is 13.4. The summed E-state index contributed by atoms with van der Waals surface area (Å²) in [6.45, 7) is 12.8. The van der Waals surface area contributed by atoms with E-state index >= 15 is 0 Å². The molecule has 0 saturated heterocycles. The third-order valence-corrected chi connectivity index (χ3v) is 3.09. The maximum absolute atomic E-state index is 10.1. The van der Waals surface area contributed by atoms with Crippen molar-refractivity contribution in [3.05, 3.63) is 23.7 Å². The van der Waals surface area contributed by atoms with Crippen LogP contribution in [-0.2, 0) is 11.3 Å². The second-order valence-corrected chi connectivity index (χ2v) is 6.12. The Balaban J connectivity index is 2.42. The van der Waals surface area contributed by atoms with Crippen molar-refractivity contribution in [3.63, 3.8) is 0 Å². The van der Waals surface area contributed by atoms with Crippen LogP contribution >= 0.6 is 0 Å². The summed E-state index contributed by atoms with van der Waals surface area (Å²) in [5.74, 6) is 2.35. The molecule has 1 rings (SSSR count). The smallest absolute Gasteiger partial charge is 0.118 e. The van der Waals surface area contributed by atoms with Gasteiger partial charge in [-0.2, -0.15) is 0 Å². The Kier molecular flexibility index (Phi) is 7.27. The van der Waals surface area contributed by atoms with Crippen molar-refractivity contribution in [2.45, 2.75) is 53.3 Å². The van der Waals surface area contributed by atoms with Crippen LogP contribution in [0.4, 0.5) is 0 Å². The van der Waals surface area contributed by atoms with Crippen molar-refractivity contribution in [2.24, 2.45) is 5.92 Å². The van der Waals surface area contributed by atoms with Gasteiger partial charge < -0.3 is 14.3 Å². The molecule has 4 nitrogen and oxygen atoms in total. The molecule has 1 aromatic heterocycles. The summed E-state index contributed by atoms with van der Waals surface area (Å²) < 4.78 is 11.1. The summed E-state index contributed by atoms with van der Waals surface area (Å²) in [6, 6.07) is 4.31. The largest absolute Gasteiger partial charge is 0.465 e. The number of rotatable bonds is 9. The van der Waals surface area contributed by atoms with Crippen LogP contribution in [0, 0.1) is 12.8 Å². The molecular formula is C16H29NO3. The van der Waals surface area contributed by atoms with E-state index in [1.807, 2.05) is 19.1 Å².